The van der Waals surface area contributed by atoms with Crippen LogP contribution in [0.1, 0.15) is 49.8 Å². The summed E-state index contributed by atoms with van der Waals surface area (Å²) in [5, 5.41) is 2.80. The summed E-state index contributed by atoms with van der Waals surface area (Å²) in [5.74, 6) is -0.267. The minimum absolute atomic E-state index is 0.0355. The SMILES string of the molecule is CC(NC(=O)C1CCCC(N)C1)c1cccc(C(F)(F)F)c1. The molecule has 0 spiro atoms. The highest BCUT2D eigenvalue weighted by molar-refractivity contribution is 5.79. The number of amides is 1. The third-order valence-corrected chi connectivity index (χ3v) is 4.16. The van der Waals surface area contributed by atoms with Crippen LogP contribution < -0.4 is 11.1 Å². The maximum atomic E-state index is 12.7. The van der Waals surface area contributed by atoms with E-state index in [1.807, 2.05) is 0 Å². The van der Waals surface area contributed by atoms with Crippen LogP contribution in [-0.2, 0) is 11.0 Å². The van der Waals surface area contributed by atoms with Gasteiger partial charge in [0.05, 0.1) is 11.6 Å². The Kier molecular flexibility index (Phi) is 5.11. The average Bonchev–Trinajstić information content (AvgIpc) is 2.46. The zero-order valence-corrected chi connectivity index (χ0v) is 12.5. The van der Waals surface area contributed by atoms with Crippen molar-refractivity contribution in [3.8, 4) is 0 Å². The Bertz CT molecular complexity index is 530. The van der Waals surface area contributed by atoms with Crippen molar-refractivity contribution in [1.82, 2.24) is 5.32 Å². The van der Waals surface area contributed by atoms with E-state index in [2.05, 4.69) is 5.32 Å². The Morgan fingerprint density at radius 2 is 2.09 bits per heavy atom. The van der Waals surface area contributed by atoms with E-state index in [0.29, 0.717) is 12.0 Å². The molecule has 0 radical (unpaired) electrons. The summed E-state index contributed by atoms with van der Waals surface area (Å²) in [6.45, 7) is 1.69. The lowest BCUT2D eigenvalue weighted by Gasteiger charge is -2.27. The smallest absolute Gasteiger partial charge is 0.349 e. The van der Waals surface area contributed by atoms with Crippen molar-refractivity contribution in [1.29, 1.82) is 0 Å². The monoisotopic (exact) mass is 314 g/mol. The summed E-state index contributed by atoms with van der Waals surface area (Å²) in [7, 11) is 0. The molecule has 0 aliphatic heterocycles. The van der Waals surface area contributed by atoms with Crippen LogP contribution in [-0.4, -0.2) is 11.9 Å². The molecule has 2 rings (SSSR count). The first-order valence-corrected chi connectivity index (χ1v) is 7.50. The molecule has 0 saturated heterocycles. The third kappa shape index (κ3) is 4.22. The number of alkyl halides is 3. The van der Waals surface area contributed by atoms with Crippen molar-refractivity contribution >= 4 is 5.91 Å². The summed E-state index contributed by atoms with van der Waals surface area (Å²) < 4.78 is 38.2. The van der Waals surface area contributed by atoms with Crippen molar-refractivity contribution in [2.75, 3.05) is 0 Å². The van der Waals surface area contributed by atoms with E-state index in [0.717, 1.165) is 31.4 Å². The van der Waals surface area contributed by atoms with E-state index in [-0.39, 0.29) is 17.9 Å². The van der Waals surface area contributed by atoms with E-state index >= 15 is 0 Å². The maximum absolute atomic E-state index is 12.7. The molecule has 1 saturated carbocycles. The number of rotatable bonds is 3. The molecular formula is C16H21F3N2O. The topological polar surface area (TPSA) is 55.1 Å². The van der Waals surface area contributed by atoms with Gasteiger partial charge in [-0.05, 0) is 43.9 Å². The van der Waals surface area contributed by atoms with E-state index in [1.165, 1.54) is 6.07 Å². The molecule has 122 valence electrons. The van der Waals surface area contributed by atoms with Gasteiger partial charge in [0.2, 0.25) is 5.91 Å². The summed E-state index contributed by atoms with van der Waals surface area (Å²) in [4.78, 5) is 12.2. The first kappa shape index (κ1) is 16.8. The predicted molar refractivity (Wildman–Crippen MR) is 77.9 cm³/mol. The Hall–Kier alpha value is -1.56. The highest BCUT2D eigenvalue weighted by Crippen LogP contribution is 2.31. The van der Waals surface area contributed by atoms with Crippen LogP contribution in [0.15, 0.2) is 24.3 Å². The molecule has 1 fully saturated rings. The molecule has 0 bridgehead atoms. The molecular weight excluding hydrogens is 293 g/mol. The Morgan fingerprint density at radius 3 is 2.73 bits per heavy atom. The fourth-order valence-corrected chi connectivity index (χ4v) is 2.86. The highest BCUT2D eigenvalue weighted by Gasteiger charge is 2.31. The molecule has 3 atom stereocenters. The molecule has 3 unspecified atom stereocenters. The maximum Gasteiger partial charge on any atom is 0.416 e. The summed E-state index contributed by atoms with van der Waals surface area (Å²) in [5.41, 5.74) is 5.61. The van der Waals surface area contributed by atoms with Crippen LogP contribution in [0.2, 0.25) is 0 Å². The van der Waals surface area contributed by atoms with Crippen LogP contribution in [0.4, 0.5) is 13.2 Å². The van der Waals surface area contributed by atoms with Crippen LogP contribution >= 0.6 is 0 Å². The summed E-state index contributed by atoms with van der Waals surface area (Å²) >= 11 is 0. The lowest BCUT2D eigenvalue weighted by Crippen LogP contribution is -2.38. The van der Waals surface area contributed by atoms with Crippen molar-refractivity contribution < 1.29 is 18.0 Å². The average molecular weight is 314 g/mol. The molecule has 0 aromatic heterocycles. The van der Waals surface area contributed by atoms with Crippen LogP contribution in [0.3, 0.4) is 0 Å². The minimum atomic E-state index is -4.38. The van der Waals surface area contributed by atoms with E-state index in [1.54, 1.807) is 13.0 Å². The van der Waals surface area contributed by atoms with E-state index < -0.39 is 17.8 Å². The molecule has 1 aliphatic carbocycles. The van der Waals surface area contributed by atoms with Gasteiger partial charge in [-0.25, -0.2) is 0 Å². The number of halogens is 3. The lowest BCUT2D eigenvalue weighted by molar-refractivity contribution is -0.137. The van der Waals surface area contributed by atoms with E-state index in [9.17, 15) is 18.0 Å². The number of nitrogens with one attached hydrogen (secondary N) is 1. The summed E-state index contributed by atoms with van der Waals surface area (Å²) in [6.07, 6.45) is -1.12. The Labute approximate surface area is 128 Å². The van der Waals surface area contributed by atoms with Gasteiger partial charge in [0, 0.05) is 12.0 Å². The number of nitrogens with two attached hydrogens (primary N) is 1. The second-order valence-corrected chi connectivity index (χ2v) is 5.98. The number of hydrogen-bond acceptors (Lipinski definition) is 2. The molecule has 3 nitrogen and oxygen atoms in total. The van der Waals surface area contributed by atoms with Crippen molar-refractivity contribution in [2.45, 2.75) is 50.9 Å². The molecule has 1 aromatic rings. The third-order valence-electron chi connectivity index (χ3n) is 4.16. The lowest BCUT2D eigenvalue weighted by atomic mass is 9.85. The molecule has 1 aromatic carbocycles. The first-order valence-electron chi connectivity index (χ1n) is 7.50. The van der Waals surface area contributed by atoms with Gasteiger partial charge < -0.3 is 11.1 Å². The highest BCUT2D eigenvalue weighted by atomic mass is 19.4. The van der Waals surface area contributed by atoms with Crippen molar-refractivity contribution in [2.24, 2.45) is 11.7 Å². The van der Waals surface area contributed by atoms with Crippen molar-refractivity contribution in [3.05, 3.63) is 35.4 Å². The zero-order chi connectivity index (χ0) is 16.3. The van der Waals surface area contributed by atoms with Gasteiger partial charge in [0.25, 0.3) is 0 Å². The number of carbonyl (C=O) groups excluding carboxylic acids is 1. The molecule has 6 heteroatoms. The Balaban J connectivity index is 2.02. The molecule has 1 aliphatic rings. The fourth-order valence-electron chi connectivity index (χ4n) is 2.86. The molecule has 3 N–H and O–H groups in total. The van der Waals surface area contributed by atoms with Gasteiger partial charge in [-0.1, -0.05) is 18.6 Å². The van der Waals surface area contributed by atoms with Gasteiger partial charge >= 0.3 is 6.18 Å². The first-order chi connectivity index (χ1) is 10.3. The van der Waals surface area contributed by atoms with Gasteiger partial charge in [-0.15, -0.1) is 0 Å². The predicted octanol–water partition coefficient (Wildman–Crippen LogP) is 3.40. The number of carbonyl (C=O) groups is 1. The zero-order valence-electron chi connectivity index (χ0n) is 12.5. The Morgan fingerprint density at radius 1 is 1.36 bits per heavy atom. The van der Waals surface area contributed by atoms with Crippen LogP contribution in [0.25, 0.3) is 0 Å². The van der Waals surface area contributed by atoms with Gasteiger partial charge in [-0.3, -0.25) is 4.79 Å². The molecule has 0 heterocycles. The molecule has 1 amide bonds. The minimum Gasteiger partial charge on any atom is -0.349 e. The molecule has 22 heavy (non-hydrogen) atoms. The number of hydrogen-bond donors (Lipinski definition) is 2. The second kappa shape index (κ2) is 6.69. The van der Waals surface area contributed by atoms with Gasteiger partial charge in [0.1, 0.15) is 0 Å². The van der Waals surface area contributed by atoms with Crippen molar-refractivity contribution in [3.63, 3.8) is 0 Å². The van der Waals surface area contributed by atoms with Crippen LogP contribution in [0, 0.1) is 5.92 Å². The second-order valence-electron chi connectivity index (χ2n) is 5.98. The summed E-state index contributed by atoms with van der Waals surface area (Å²) in [6, 6.07) is 4.63. The normalized spacial score (nSPS) is 23.9. The standard InChI is InChI=1S/C16H21F3N2O/c1-10(11-4-2-6-13(8-11)16(17,18)19)21-15(22)12-5-3-7-14(20)9-12/h2,4,6,8,10,12,14H,3,5,7,9,20H2,1H3,(H,21,22). The number of benzene rings is 1. The van der Waals surface area contributed by atoms with Gasteiger partial charge in [0.15, 0.2) is 0 Å². The van der Waals surface area contributed by atoms with Gasteiger partial charge in [-0.2, -0.15) is 13.2 Å². The fraction of sp³-hybridized carbons (Fsp3) is 0.562. The quantitative estimate of drug-likeness (QED) is 0.898. The largest absolute Gasteiger partial charge is 0.416 e. The van der Waals surface area contributed by atoms with E-state index in [4.69, 9.17) is 5.73 Å². The van der Waals surface area contributed by atoms with Crippen LogP contribution in [0.5, 0.6) is 0 Å².